The third-order valence-corrected chi connectivity index (χ3v) is 6.29. The number of anilines is 1. The number of hydrogen-bond acceptors (Lipinski definition) is 4. The molecule has 2 aromatic rings. The van der Waals surface area contributed by atoms with Crippen LogP contribution < -0.4 is 14.8 Å². The highest BCUT2D eigenvalue weighted by Gasteiger charge is 2.02. The highest BCUT2D eigenvalue weighted by molar-refractivity contribution is 8.76. The predicted molar refractivity (Wildman–Crippen MR) is 115 cm³/mol. The Kier molecular flexibility index (Phi) is 8.94. The van der Waals surface area contributed by atoms with Gasteiger partial charge in [0.25, 0.3) is 0 Å². The average Bonchev–Trinajstić information content (AvgIpc) is 2.64. The fraction of sp³-hybridized carbons (Fsp3) is 0.350. The van der Waals surface area contributed by atoms with E-state index in [0.29, 0.717) is 0 Å². The molecule has 1 aromatic carbocycles. The van der Waals surface area contributed by atoms with Crippen LogP contribution in [0, 0.1) is 0 Å². The minimum atomic E-state index is 1.06. The van der Waals surface area contributed by atoms with Gasteiger partial charge < -0.3 is 10.2 Å². The van der Waals surface area contributed by atoms with Gasteiger partial charge in [0.15, 0.2) is 6.20 Å². The zero-order valence-corrected chi connectivity index (χ0v) is 16.9. The standard InChI is InChI=1S/C20H28N3S2/c1-21-13-16-24-25-17-15-23(3)20-11-8-18(9-12-20)7-10-19-6-4-5-14-22(19)2/h4-12,14,21H,13,15-17H2,1-3H3/q+1. The fourth-order valence-corrected chi connectivity index (χ4v) is 4.35. The summed E-state index contributed by atoms with van der Waals surface area (Å²) in [5.41, 5.74) is 3.68. The highest BCUT2D eigenvalue weighted by atomic mass is 33.1. The largest absolute Gasteiger partial charge is 0.374 e. The molecular formula is C20H28N3S2+. The second-order valence-corrected chi connectivity index (χ2v) is 8.53. The topological polar surface area (TPSA) is 19.1 Å². The Balaban J connectivity index is 1.81. The van der Waals surface area contributed by atoms with Gasteiger partial charge in [0, 0.05) is 55.5 Å². The van der Waals surface area contributed by atoms with Gasteiger partial charge in [-0.05, 0) is 36.9 Å². The maximum atomic E-state index is 3.17. The van der Waals surface area contributed by atoms with Crippen molar-refractivity contribution >= 4 is 39.4 Å². The molecule has 5 heteroatoms. The molecule has 0 aliphatic heterocycles. The molecule has 0 saturated carbocycles. The van der Waals surface area contributed by atoms with Crippen LogP contribution in [0.4, 0.5) is 5.69 Å². The lowest BCUT2D eigenvalue weighted by Crippen LogP contribution is -2.30. The minimum absolute atomic E-state index is 1.06. The molecule has 0 atom stereocenters. The first-order valence-corrected chi connectivity index (χ1v) is 11.0. The van der Waals surface area contributed by atoms with E-state index in [2.05, 4.69) is 83.6 Å². The molecule has 1 aromatic heterocycles. The molecule has 0 spiro atoms. The average molecular weight is 375 g/mol. The first-order valence-electron chi connectivity index (χ1n) is 8.53. The summed E-state index contributed by atoms with van der Waals surface area (Å²) >= 11 is 0. The zero-order chi connectivity index (χ0) is 17.9. The Morgan fingerprint density at radius 2 is 1.80 bits per heavy atom. The SMILES string of the molecule is CNCCSSCCN(C)c1ccc(/C=C/c2cccc[n+]2C)cc1. The van der Waals surface area contributed by atoms with Gasteiger partial charge in [0.05, 0.1) is 0 Å². The van der Waals surface area contributed by atoms with E-state index in [1.54, 1.807) is 0 Å². The summed E-state index contributed by atoms with van der Waals surface area (Å²) in [6.07, 6.45) is 6.37. The second-order valence-electron chi connectivity index (χ2n) is 5.83. The second kappa shape index (κ2) is 11.2. The van der Waals surface area contributed by atoms with Gasteiger partial charge in [-0.3, -0.25) is 0 Å². The minimum Gasteiger partial charge on any atom is -0.374 e. The van der Waals surface area contributed by atoms with Crippen molar-refractivity contribution in [1.82, 2.24) is 5.32 Å². The molecule has 1 heterocycles. The van der Waals surface area contributed by atoms with E-state index < -0.39 is 0 Å². The van der Waals surface area contributed by atoms with Crippen molar-refractivity contribution in [2.45, 2.75) is 0 Å². The lowest BCUT2D eigenvalue weighted by atomic mass is 10.1. The van der Waals surface area contributed by atoms with Crippen LogP contribution in [-0.4, -0.2) is 38.7 Å². The molecular weight excluding hydrogens is 346 g/mol. The van der Waals surface area contributed by atoms with Crippen molar-refractivity contribution in [3.63, 3.8) is 0 Å². The monoisotopic (exact) mass is 374 g/mol. The van der Waals surface area contributed by atoms with Crippen LogP contribution in [-0.2, 0) is 7.05 Å². The molecule has 0 radical (unpaired) electrons. The van der Waals surface area contributed by atoms with Crippen molar-refractivity contribution < 1.29 is 4.57 Å². The number of aromatic nitrogens is 1. The molecule has 2 rings (SSSR count). The van der Waals surface area contributed by atoms with Gasteiger partial charge in [-0.2, -0.15) is 0 Å². The van der Waals surface area contributed by atoms with E-state index >= 15 is 0 Å². The number of nitrogens with zero attached hydrogens (tertiary/aromatic N) is 2. The van der Waals surface area contributed by atoms with Crippen molar-refractivity contribution in [3.05, 3.63) is 59.9 Å². The fourth-order valence-electron chi connectivity index (χ4n) is 2.30. The zero-order valence-electron chi connectivity index (χ0n) is 15.3. The molecule has 3 nitrogen and oxygen atoms in total. The van der Waals surface area contributed by atoms with E-state index in [1.165, 1.54) is 16.9 Å². The van der Waals surface area contributed by atoms with Crippen LogP contribution in [0.5, 0.6) is 0 Å². The third kappa shape index (κ3) is 7.14. The molecule has 0 amide bonds. The first kappa shape index (κ1) is 19.9. The maximum absolute atomic E-state index is 3.17. The normalized spacial score (nSPS) is 11.2. The maximum Gasteiger partial charge on any atom is 0.204 e. The van der Waals surface area contributed by atoms with Gasteiger partial charge in [0.2, 0.25) is 5.69 Å². The van der Waals surface area contributed by atoms with E-state index in [9.17, 15) is 0 Å². The quantitative estimate of drug-likeness (QED) is 0.388. The van der Waals surface area contributed by atoms with Gasteiger partial charge >= 0.3 is 0 Å². The Morgan fingerprint density at radius 1 is 1.04 bits per heavy atom. The number of nitrogens with one attached hydrogen (secondary N) is 1. The lowest BCUT2D eigenvalue weighted by molar-refractivity contribution is -0.673. The molecule has 0 saturated heterocycles. The molecule has 0 fully saturated rings. The third-order valence-electron chi connectivity index (χ3n) is 3.90. The van der Waals surface area contributed by atoms with Crippen molar-refractivity contribution in [2.75, 3.05) is 43.6 Å². The van der Waals surface area contributed by atoms with Gasteiger partial charge in [-0.25, -0.2) is 4.57 Å². The molecule has 25 heavy (non-hydrogen) atoms. The van der Waals surface area contributed by atoms with E-state index in [1.807, 2.05) is 34.7 Å². The molecule has 0 bridgehead atoms. The Labute approximate surface area is 159 Å². The smallest absolute Gasteiger partial charge is 0.204 e. The Morgan fingerprint density at radius 3 is 2.52 bits per heavy atom. The van der Waals surface area contributed by atoms with Crippen molar-refractivity contribution in [2.24, 2.45) is 7.05 Å². The molecule has 0 unspecified atom stereocenters. The number of rotatable bonds is 10. The summed E-state index contributed by atoms with van der Waals surface area (Å²) in [5, 5.41) is 3.17. The van der Waals surface area contributed by atoms with Crippen LogP contribution >= 0.6 is 21.6 Å². The summed E-state index contributed by atoms with van der Waals surface area (Å²) in [5.74, 6) is 2.29. The Hall–Kier alpha value is -1.43. The van der Waals surface area contributed by atoms with Crippen LogP contribution in [0.3, 0.4) is 0 Å². The van der Waals surface area contributed by atoms with Crippen LogP contribution in [0.2, 0.25) is 0 Å². The van der Waals surface area contributed by atoms with E-state index in [-0.39, 0.29) is 0 Å². The van der Waals surface area contributed by atoms with Gasteiger partial charge in [-0.15, -0.1) is 0 Å². The lowest BCUT2D eigenvalue weighted by Gasteiger charge is -2.19. The summed E-state index contributed by atoms with van der Waals surface area (Å²) < 4.78 is 2.12. The van der Waals surface area contributed by atoms with Crippen molar-refractivity contribution in [1.29, 1.82) is 0 Å². The summed E-state index contributed by atoms with van der Waals surface area (Å²) in [6.45, 7) is 2.13. The molecule has 134 valence electrons. The van der Waals surface area contributed by atoms with Gasteiger partial charge in [0.1, 0.15) is 7.05 Å². The Bertz CT molecular complexity index is 656. The van der Waals surface area contributed by atoms with E-state index in [4.69, 9.17) is 0 Å². The molecule has 1 N–H and O–H groups in total. The summed E-state index contributed by atoms with van der Waals surface area (Å²) in [6, 6.07) is 15.0. The number of pyridine rings is 1. The molecule has 0 aliphatic rings. The summed E-state index contributed by atoms with van der Waals surface area (Å²) in [7, 11) is 10.1. The van der Waals surface area contributed by atoms with E-state index in [0.717, 1.165) is 24.6 Å². The summed E-state index contributed by atoms with van der Waals surface area (Å²) in [4.78, 5) is 2.32. The number of benzene rings is 1. The molecule has 0 aliphatic carbocycles. The van der Waals surface area contributed by atoms with Crippen LogP contribution in [0.25, 0.3) is 12.2 Å². The number of aryl methyl sites for hydroxylation is 1. The van der Waals surface area contributed by atoms with Gasteiger partial charge in [-0.1, -0.05) is 33.7 Å². The first-order chi connectivity index (χ1) is 12.2. The number of hydrogen-bond donors (Lipinski definition) is 1. The van der Waals surface area contributed by atoms with Crippen LogP contribution in [0.1, 0.15) is 11.3 Å². The van der Waals surface area contributed by atoms with Crippen molar-refractivity contribution in [3.8, 4) is 0 Å². The predicted octanol–water partition coefficient (Wildman–Crippen LogP) is 3.72. The van der Waals surface area contributed by atoms with Crippen LogP contribution in [0.15, 0.2) is 48.7 Å². The highest BCUT2D eigenvalue weighted by Crippen LogP contribution is 2.21.